The number of benzene rings is 1. The third kappa shape index (κ3) is 5.31. The number of piperidine rings is 1. The number of hydrogen-bond acceptors (Lipinski definition) is 8. The minimum absolute atomic E-state index is 0.226. The van der Waals surface area contributed by atoms with E-state index in [1.165, 1.54) is 0 Å². The van der Waals surface area contributed by atoms with Crippen LogP contribution in [0.15, 0.2) is 30.5 Å². The zero-order chi connectivity index (χ0) is 23.2. The van der Waals surface area contributed by atoms with Crippen molar-refractivity contribution in [2.45, 2.75) is 18.9 Å². The molecule has 0 saturated carbocycles. The Bertz CT molecular complexity index is 931. The lowest BCUT2D eigenvalue weighted by Crippen LogP contribution is -2.49. The second-order valence-electron chi connectivity index (χ2n) is 8.14. The van der Waals surface area contributed by atoms with Crippen molar-refractivity contribution in [2.75, 3.05) is 70.9 Å². The molecule has 0 spiro atoms. The highest BCUT2D eigenvalue weighted by molar-refractivity contribution is 6.05. The summed E-state index contributed by atoms with van der Waals surface area (Å²) >= 11 is 0. The van der Waals surface area contributed by atoms with Gasteiger partial charge in [-0.15, -0.1) is 0 Å². The smallest absolute Gasteiger partial charge is 0.255 e. The zero-order valence-corrected chi connectivity index (χ0v) is 19.5. The van der Waals surface area contributed by atoms with E-state index in [1.54, 1.807) is 45.7 Å². The number of ether oxygens (including phenoxy) is 4. The number of methoxy groups -OCH3 is 3. The molecule has 1 N–H and O–H groups in total. The van der Waals surface area contributed by atoms with Gasteiger partial charge in [0.25, 0.3) is 5.91 Å². The van der Waals surface area contributed by atoms with Gasteiger partial charge in [-0.05, 0) is 25.0 Å². The van der Waals surface area contributed by atoms with E-state index in [0.29, 0.717) is 34.5 Å². The van der Waals surface area contributed by atoms with Gasteiger partial charge in [-0.1, -0.05) is 0 Å². The monoisotopic (exact) mass is 456 g/mol. The van der Waals surface area contributed by atoms with Crippen molar-refractivity contribution in [3.05, 3.63) is 36.0 Å². The lowest BCUT2D eigenvalue weighted by molar-refractivity contribution is 0.0115. The first-order valence-electron chi connectivity index (χ1n) is 11.3. The van der Waals surface area contributed by atoms with Gasteiger partial charge in [-0.25, -0.2) is 4.98 Å². The predicted octanol–water partition coefficient (Wildman–Crippen LogP) is 2.66. The molecular formula is C24H32N4O5. The Kier molecular flexibility index (Phi) is 7.51. The summed E-state index contributed by atoms with van der Waals surface area (Å²) in [7, 11) is 4.63. The molecule has 2 saturated heterocycles. The number of nitrogens with one attached hydrogen (secondary N) is 1. The van der Waals surface area contributed by atoms with E-state index >= 15 is 0 Å². The van der Waals surface area contributed by atoms with Crippen LogP contribution in [0.4, 0.5) is 11.5 Å². The third-order valence-electron chi connectivity index (χ3n) is 6.28. The topological polar surface area (TPSA) is 85.4 Å². The van der Waals surface area contributed by atoms with E-state index in [2.05, 4.69) is 20.1 Å². The van der Waals surface area contributed by atoms with Crippen LogP contribution in [0.2, 0.25) is 0 Å². The minimum Gasteiger partial charge on any atom is -0.493 e. The number of morpholine rings is 1. The van der Waals surface area contributed by atoms with Gasteiger partial charge in [0.15, 0.2) is 11.5 Å². The fourth-order valence-corrected chi connectivity index (χ4v) is 4.49. The molecule has 9 nitrogen and oxygen atoms in total. The Morgan fingerprint density at radius 3 is 2.27 bits per heavy atom. The molecule has 1 aromatic carbocycles. The molecule has 2 fully saturated rings. The second kappa shape index (κ2) is 10.7. The van der Waals surface area contributed by atoms with Gasteiger partial charge >= 0.3 is 0 Å². The molecule has 3 heterocycles. The van der Waals surface area contributed by atoms with Crippen LogP contribution in [0.25, 0.3) is 0 Å². The van der Waals surface area contributed by atoms with Gasteiger partial charge in [0.1, 0.15) is 5.82 Å². The molecule has 0 aliphatic carbocycles. The second-order valence-corrected chi connectivity index (χ2v) is 8.14. The molecule has 0 radical (unpaired) electrons. The summed E-state index contributed by atoms with van der Waals surface area (Å²) in [4.78, 5) is 22.3. The third-order valence-corrected chi connectivity index (χ3v) is 6.28. The zero-order valence-electron chi connectivity index (χ0n) is 19.5. The van der Waals surface area contributed by atoms with Crippen LogP contribution in [-0.4, -0.2) is 82.6 Å². The van der Waals surface area contributed by atoms with Crippen molar-refractivity contribution in [1.82, 2.24) is 9.88 Å². The molecule has 1 aromatic heterocycles. The van der Waals surface area contributed by atoms with Crippen LogP contribution < -0.4 is 24.4 Å². The van der Waals surface area contributed by atoms with E-state index in [4.69, 9.17) is 18.9 Å². The summed E-state index contributed by atoms with van der Waals surface area (Å²) < 4.78 is 21.6. The fraction of sp³-hybridized carbons (Fsp3) is 0.500. The maximum absolute atomic E-state index is 13.0. The number of carbonyl (C=O) groups is 1. The summed E-state index contributed by atoms with van der Waals surface area (Å²) in [6, 6.07) is 7.58. The standard InChI is InChI=1S/C24H32N4O5/c1-30-20-15-18(16-21(31-2)23(20)32-3)26-24(29)17-4-7-25-22(14-17)28-8-5-19(6-9-28)27-10-12-33-13-11-27/h4,7,14-16,19H,5-6,8-13H2,1-3H3,(H,26,29). The maximum Gasteiger partial charge on any atom is 0.255 e. The maximum atomic E-state index is 13.0. The van der Waals surface area contributed by atoms with Gasteiger partial charge in [-0.3, -0.25) is 9.69 Å². The average Bonchev–Trinajstić information content (AvgIpc) is 2.88. The number of aromatic nitrogens is 1. The molecule has 0 bridgehead atoms. The Labute approximate surface area is 194 Å². The Morgan fingerprint density at radius 2 is 1.67 bits per heavy atom. The number of nitrogens with zero attached hydrogens (tertiary/aromatic N) is 3. The molecule has 0 unspecified atom stereocenters. The molecule has 2 aliphatic heterocycles. The van der Waals surface area contributed by atoms with Gasteiger partial charge in [0.05, 0.1) is 34.5 Å². The quantitative estimate of drug-likeness (QED) is 0.681. The Morgan fingerprint density at radius 1 is 1.00 bits per heavy atom. The van der Waals surface area contributed by atoms with Gasteiger partial charge in [-0.2, -0.15) is 0 Å². The van der Waals surface area contributed by atoms with E-state index in [0.717, 1.165) is 58.1 Å². The number of pyridine rings is 1. The normalized spacial score (nSPS) is 17.5. The Hall–Kier alpha value is -3.04. The molecule has 0 atom stereocenters. The highest BCUT2D eigenvalue weighted by Gasteiger charge is 2.26. The van der Waals surface area contributed by atoms with Crippen LogP contribution in [0.3, 0.4) is 0 Å². The van der Waals surface area contributed by atoms with Crippen molar-refractivity contribution >= 4 is 17.4 Å². The largest absolute Gasteiger partial charge is 0.493 e. The highest BCUT2D eigenvalue weighted by atomic mass is 16.5. The van der Waals surface area contributed by atoms with Crippen molar-refractivity contribution in [1.29, 1.82) is 0 Å². The fourth-order valence-electron chi connectivity index (χ4n) is 4.49. The van der Waals surface area contributed by atoms with Gasteiger partial charge in [0, 0.05) is 61.8 Å². The van der Waals surface area contributed by atoms with Crippen molar-refractivity contribution in [2.24, 2.45) is 0 Å². The molecule has 9 heteroatoms. The average molecular weight is 457 g/mol. The van der Waals surface area contributed by atoms with Crippen molar-refractivity contribution in [3.8, 4) is 17.2 Å². The highest BCUT2D eigenvalue weighted by Crippen LogP contribution is 2.40. The van der Waals surface area contributed by atoms with E-state index in [1.807, 2.05) is 6.07 Å². The molecule has 2 aliphatic rings. The molecular weight excluding hydrogens is 424 g/mol. The Balaban J connectivity index is 1.42. The number of hydrogen-bond donors (Lipinski definition) is 1. The summed E-state index contributed by atoms with van der Waals surface area (Å²) in [5, 5.41) is 2.92. The first-order chi connectivity index (χ1) is 16.1. The van der Waals surface area contributed by atoms with Gasteiger partial charge in [0.2, 0.25) is 5.75 Å². The van der Waals surface area contributed by atoms with Crippen LogP contribution >= 0.6 is 0 Å². The number of anilines is 2. The summed E-state index contributed by atoms with van der Waals surface area (Å²) in [5.74, 6) is 2.03. The lowest BCUT2D eigenvalue weighted by Gasteiger charge is -2.40. The summed E-state index contributed by atoms with van der Waals surface area (Å²) in [6.07, 6.45) is 3.86. The van der Waals surface area contributed by atoms with Crippen LogP contribution in [-0.2, 0) is 4.74 Å². The minimum atomic E-state index is -0.226. The number of rotatable bonds is 7. The predicted molar refractivity (Wildman–Crippen MR) is 126 cm³/mol. The SMILES string of the molecule is COc1cc(NC(=O)c2ccnc(N3CCC(N4CCOCC4)CC3)c2)cc(OC)c1OC. The van der Waals surface area contributed by atoms with Crippen molar-refractivity contribution in [3.63, 3.8) is 0 Å². The first-order valence-corrected chi connectivity index (χ1v) is 11.3. The molecule has 178 valence electrons. The van der Waals surface area contributed by atoms with Crippen LogP contribution in [0.1, 0.15) is 23.2 Å². The summed E-state index contributed by atoms with van der Waals surface area (Å²) in [6.45, 7) is 5.52. The molecule has 2 aromatic rings. The molecule has 1 amide bonds. The van der Waals surface area contributed by atoms with E-state index < -0.39 is 0 Å². The first kappa shape index (κ1) is 23.1. The van der Waals surface area contributed by atoms with Crippen LogP contribution in [0, 0.1) is 0 Å². The van der Waals surface area contributed by atoms with E-state index in [9.17, 15) is 4.79 Å². The van der Waals surface area contributed by atoms with Crippen molar-refractivity contribution < 1.29 is 23.7 Å². The van der Waals surface area contributed by atoms with Crippen LogP contribution in [0.5, 0.6) is 17.2 Å². The van der Waals surface area contributed by atoms with Gasteiger partial charge < -0.3 is 29.2 Å². The number of carbonyl (C=O) groups excluding carboxylic acids is 1. The molecule has 33 heavy (non-hydrogen) atoms. The number of amides is 1. The molecule has 4 rings (SSSR count). The lowest BCUT2D eigenvalue weighted by atomic mass is 10.0. The summed E-state index contributed by atoms with van der Waals surface area (Å²) in [5.41, 5.74) is 1.10. The van der Waals surface area contributed by atoms with E-state index in [-0.39, 0.29) is 5.91 Å².